The maximum Gasteiger partial charge on any atom is 0.254 e. The predicted molar refractivity (Wildman–Crippen MR) is 137 cm³/mol. The van der Waals surface area contributed by atoms with Gasteiger partial charge in [0.2, 0.25) is 5.91 Å². The molecule has 3 aromatic carbocycles. The predicted octanol–water partition coefficient (Wildman–Crippen LogP) is 6.43. The van der Waals surface area contributed by atoms with Crippen molar-refractivity contribution in [3.8, 4) is 11.3 Å². The van der Waals surface area contributed by atoms with Gasteiger partial charge >= 0.3 is 0 Å². The van der Waals surface area contributed by atoms with Gasteiger partial charge < -0.3 is 14.6 Å². The third-order valence-electron chi connectivity index (χ3n) is 7.31. The Morgan fingerprint density at radius 2 is 1.71 bits per heavy atom. The smallest absolute Gasteiger partial charge is 0.254 e. The van der Waals surface area contributed by atoms with Crippen molar-refractivity contribution in [3.63, 3.8) is 0 Å². The fourth-order valence-corrected chi connectivity index (χ4v) is 5.41. The molecule has 35 heavy (non-hydrogen) atoms. The van der Waals surface area contributed by atoms with Crippen LogP contribution in [0, 0.1) is 5.92 Å². The van der Waals surface area contributed by atoms with Gasteiger partial charge in [0.05, 0.1) is 0 Å². The standard InChI is InChI=1S/C30H28N2O3/c33-29(21-8-1-2-9-21)31-24-12-5-11-22(17-24)28-18-23-19-32(16-15-27(23)35-28)30(34)26-14-6-10-20-7-3-4-13-25(20)26/h3-7,10-14,17-18,21H,1-2,8-9,15-16,19H2,(H,31,33). The summed E-state index contributed by atoms with van der Waals surface area (Å²) >= 11 is 0. The van der Waals surface area contributed by atoms with E-state index in [0.29, 0.717) is 19.5 Å². The number of amides is 2. The molecule has 0 atom stereocenters. The molecule has 2 heterocycles. The molecule has 5 heteroatoms. The Bertz CT molecular complexity index is 1410. The van der Waals surface area contributed by atoms with Gasteiger partial charge in [0.1, 0.15) is 11.5 Å². The SMILES string of the molecule is O=C(Nc1cccc(-c2cc3c(o2)CCN(C(=O)c2cccc4ccccc24)C3)c1)C1CCCC1. The molecule has 0 spiro atoms. The zero-order valence-electron chi connectivity index (χ0n) is 19.6. The van der Waals surface area contributed by atoms with Crippen molar-refractivity contribution in [2.24, 2.45) is 5.92 Å². The summed E-state index contributed by atoms with van der Waals surface area (Å²) in [6.45, 7) is 1.15. The van der Waals surface area contributed by atoms with Gasteiger partial charge in [-0.25, -0.2) is 0 Å². The Hall–Kier alpha value is -3.86. The lowest BCUT2D eigenvalue weighted by Gasteiger charge is -2.26. The number of carbonyl (C=O) groups excluding carboxylic acids is 2. The highest BCUT2D eigenvalue weighted by Crippen LogP contribution is 2.32. The van der Waals surface area contributed by atoms with Gasteiger partial charge in [-0.05, 0) is 47.9 Å². The summed E-state index contributed by atoms with van der Waals surface area (Å²) in [4.78, 5) is 27.9. The topological polar surface area (TPSA) is 62.6 Å². The monoisotopic (exact) mass is 464 g/mol. The van der Waals surface area contributed by atoms with E-state index in [1.54, 1.807) is 0 Å². The van der Waals surface area contributed by atoms with Crippen LogP contribution < -0.4 is 5.32 Å². The first-order chi connectivity index (χ1) is 17.2. The highest BCUT2D eigenvalue weighted by molar-refractivity contribution is 6.07. The average Bonchev–Trinajstić information content (AvgIpc) is 3.58. The Balaban J connectivity index is 1.21. The second kappa shape index (κ2) is 9.06. The van der Waals surface area contributed by atoms with E-state index in [4.69, 9.17) is 4.42 Å². The number of nitrogens with one attached hydrogen (secondary N) is 1. The number of fused-ring (bicyclic) bond motifs is 2. The second-order valence-electron chi connectivity index (χ2n) is 9.61. The number of furan rings is 1. The van der Waals surface area contributed by atoms with Crippen LogP contribution in [0.4, 0.5) is 5.69 Å². The Morgan fingerprint density at radius 3 is 2.60 bits per heavy atom. The molecule has 2 aliphatic rings. The fourth-order valence-electron chi connectivity index (χ4n) is 5.41. The van der Waals surface area contributed by atoms with Crippen LogP contribution in [0.1, 0.15) is 47.4 Å². The quantitative estimate of drug-likeness (QED) is 0.379. The zero-order chi connectivity index (χ0) is 23.8. The molecule has 5 nitrogen and oxygen atoms in total. The molecule has 1 aliphatic carbocycles. The maximum absolute atomic E-state index is 13.4. The number of anilines is 1. The van der Waals surface area contributed by atoms with Gasteiger partial charge in [-0.2, -0.15) is 0 Å². The van der Waals surface area contributed by atoms with Crippen LogP contribution in [0.3, 0.4) is 0 Å². The van der Waals surface area contributed by atoms with Gasteiger partial charge in [0.15, 0.2) is 0 Å². The van der Waals surface area contributed by atoms with E-state index < -0.39 is 0 Å². The van der Waals surface area contributed by atoms with Crippen LogP contribution in [-0.4, -0.2) is 23.3 Å². The van der Waals surface area contributed by atoms with E-state index in [0.717, 1.165) is 70.4 Å². The molecule has 2 amide bonds. The minimum Gasteiger partial charge on any atom is -0.461 e. The molecular formula is C30H28N2O3. The van der Waals surface area contributed by atoms with Crippen molar-refractivity contribution in [2.45, 2.75) is 38.6 Å². The lowest BCUT2D eigenvalue weighted by atomic mass is 10.0. The van der Waals surface area contributed by atoms with Gasteiger partial charge in [-0.3, -0.25) is 9.59 Å². The molecule has 0 radical (unpaired) electrons. The van der Waals surface area contributed by atoms with E-state index in [1.807, 2.05) is 77.7 Å². The highest BCUT2D eigenvalue weighted by Gasteiger charge is 2.26. The molecular weight excluding hydrogens is 436 g/mol. The lowest BCUT2D eigenvalue weighted by molar-refractivity contribution is -0.119. The third kappa shape index (κ3) is 4.23. The zero-order valence-corrected chi connectivity index (χ0v) is 19.6. The van der Waals surface area contributed by atoms with Crippen LogP contribution in [0.25, 0.3) is 22.1 Å². The normalized spacial score (nSPS) is 15.8. The number of nitrogens with zero attached hydrogens (tertiary/aromatic N) is 1. The van der Waals surface area contributed by atoms with Crippen molar-refractivity contribution in [3.05, 3.63) is 89.7 Å². The Morgan fingerprint density at radius 1 is 0.914 bits per heavy atom. The molecule has 1 saturated carbocycles. The third-order valence-corrected chi connectivity index (χ3v) is 7.31. The number of carbonyl (C=O) groups is 2. The van der Waals surface area contributed by atoms with E-state index in [1.165, 1.54) is 0 Å². The number of rotatable bonds is 4. The molecule has 0 unspecified atom stereocenters. The molecule has 176 valence electrons. The molecule has 0 saturated heterocycles. The van der Waals surface area contributed by atoms with Crippen molar-refractivity contribution in [1.82, 2.24) is 4.90 Å². The van der Waals surface area contributed by atoms with E-state index in [9.17, 15) is 9.59 Å². The van der Waals surface area contributed by atoms with Crippen molar-refractivity contribution in [1.29, 1.82) is 0 Å². The second-order valence-corrected chi connectivity index (χ2v) is 9.61. The summed E-state index contributed by atoms with van der Waals surface area (Å²) in [6, 6.07) is 23.8. The van der Waals surface area contributed by atoms with Crippen molar-refractivity contribution >= 4 is 28.3 Å². The van der Waals surface area contributed by atoms with Gasteiger partial charge in [-0.1, -0.05) is 61.4 Å². The Kier molecular flexibility index (Phi) is 5.61. The van der Waals surface area contributed by atoms with Gasteiger partial charge in [-0.15, -0.1) is 0 Å². The fraction of sp³-hybridized carbons (Fsp3) is 0.267. The summed E-state index contributed by atoms with van der Waals surface area (Å²) in [7, 11) is 0. The molecule has 1 N–H and O–H groups in total. The Labute approximate surface area is 204 Å². The van der Waals surface area contributed by atoms with Crippen LogP contribution in [0.5, 0.6) is 0 Å². The summed E-state index contributed by atoms with van der Waals surface area (Å²) in [5.41, 5.74) is 3.50. The van der Waals surface area contributed by atoms with E-state index >= 15 is 0 Å². The molecule has 1 fully saturated rings. The molecule has 4 aromatic rings. The van der Waals surface area contributed by atoms with Crippen LogP contribution in [0.2, 0.25) is 0 Å². The lowest BCUT2D eigenvalue weighted by Crippen LogP contribution is -2.35. The maximum atomic E-state index is 13.4. The minimum absolute atomic E-state index is 0.0480. The van der Waals surface area contributed by atoms with E-state index in [2.05, 4.69) is 5.32 Å². The van der Waals surface area contributed by atoms with Crippen molar-refractivity contribution < 1.29 is 14.0 Å². The minimum atomic E-state index is 0.0480. The van der Waals surface area contributed by atoms with Crippen LogP contribution in [0.15, 0.2) is 77.2 Å². The summed E-state index contributed by atoms with van der Waals surface area (Å²) in [6.07, 6.45) is 4.91. The first-order valence-corrected chi connectivity index (χ1v) is 12.5. The summed E-state index contributed by atoms with van der Waals surface area (Å²) < 4.78 is 6.21. The summed E-state index contributed by atoms with van der Waals surface area (Å²) in [5, 5.41) is 5.13. The highest BCUT2D eigenvalue weighted by atomic mass is 16.3. The molecule has 1 aromatic heterocycles. The van der Waals surface area contributed by atoms with Gasteiger partial charge in [0.25, 0.3) is 5.91 Å². The van der Waals surface area contributed by atoms with Gasteiger partial charge in [0, 0.05) is 47.8 Å². The first-order valence-electron chi connectivity index (χ1n) is 12.5. The molecule has 1 aliphatic heterocycles. The van der Waals surface area contributed by atoms with Crippen molar-refractivity contribution in [2.75, 3.05) is 11.9 Å². The summed E-state index contributed by atoms with van der Waals surface area (Å²) in [5.74, 6) is 1.99. The van der Waals surface area contributed by atoms with Crippen LogP contribution in [-0.2, 0) is 17.8 Å². The number of hydrogen-bond acceptors (Lipinski definition) is 3. The van der Waals surface area contributed by atoms with Crippen LogP contribution >= 0.6 is 0 Å². The molecule has 6 rings (SSSR count). The largest absolute Gasteiger partial charge is 0.461 e. The average molecular weight is 465 g/mol. The first kappa shape index (κ1) is 21.7. The number of benzene rings is 3. The van der Waals surface area contributed by atoms with E-state index in [-0.39, 0.29) is 17.7 Å². The number of hydrogen-bond donors (Lipinski definition) is 1. The molecule has 0 bridgehead atoms.